The van der Waals surface area contributed by atoms with Gasteiger partial charge in [-0.05, 0) is 26.3 Å². The van der Waals surface area contributed by atoms with E-state index in [1.807, 2.05) is 18.2 Å². The van der Waals surface area contributed by atoms with Crippen molar-refractivity contribution in [3.05, 3.63) is 24.3 Å². The van der Waals surface area contributed by atoms with Crippen LogP contribution in [0.15, 0.2) is 29.4 Å². The minimum Gasteiger partial charge on any atom is -0.353 e. The molecular formula is C21H29N5OS. The van der Waals surface area contributed by atoms with Crippen molar-refractivity contribution < 1.29 is 4.79 Å². The maximum absolute atomic E-state index is 12.2. The molecule has 0 spiro atoms. The third-order valence-corrected chi connectivity index (χ3v) is 5.74. The summed E-state index contributed by atoms with van der Waals surface area (Å²) in [6, 6.07) is 8.34. The van der Waals surface area contributed by atoms with Crippen LogP contribution >= 0.6 is 11.8 Å². The van der Waals surface area contributed by atoms with Gasteiger partial charge in [0.05, 0.1) is 11.3 Å². The fourth-order valence-electron chi connectivity index (χ4n) is 3.47. The Hall–Kier alpha value is -2.15. The molecule has 0 saturated heterocycles. The van der Waals surface area contributed by atoms with Gasteiger partial charge in [0.15, 0.2) is 5.65 Å². The highest BCUT2D eigenvalue weighted by molar-refractivity contribution is 7.99. The van der Waals surface area contributed by atoms with Crippen LogP contribution in [0.1, 0.15) is 52.9 Å². The molecule has 3 aromatic rings. The summed E-state index contributed by atoms with van der Waals surface area (Å²) in [6.45, 7) is 7.17. The Morgan fingerprint density at radius 3 is 2.79 bits per heavy atom. The Labute approximate surface area is 170 Å². The maximum atomic E-state index is 12.2. The zero-order valence-corrected chi connectivity index (χ0v) is 17.8. The predicted molar refractivity (Wildman–Crippen MR) is 116 cm³/mol. The third kappa shape index (κ3) is 4.82. The summed E-state index contributed by atoms with van der Waals surface area (Å²) in [5, 5.41) is 13.3. The Kier molecular flexibility index (Phi) is 7.25. The van der Waals surface area contributed by atoms with E-state index in [0.29, 0.717) is 10.9 Å². The second-order valence-corrected chi connectivity index (χ2v) is 8.08. The van der Waals surface area contributed by atoms with Crippen LogP contribution in [0.4, 0.5) is 0 Å². The van der Waals surface area contributed by atoms with Crippen LogP contribution in [0, 0.1) is 0 Å². The summed E-state index contributed by atoms with van der Waals surface area (Å²) in [6.07, 6.45) is 5.91. The molecule has 0 fully saturated rings. The normalized spacial score (nSPS) is 12.5. The number of aromatic nitrogens is 4. The van der Waals surface area contributed by atoms with Crippen LogP contribution < -0.4 is 5.32 Å². The van der Waals surface area contributed by atoms with Crippen molar-refractivity contribution in [3.8, 4) is 0 Å². The lowest BCUT2D eigenvalue weighted by Gasteiger charge is -2.13. The second-order valence-electron chi connectivity index (χ2n) is 7.13. The van der Waals surface area contributed by atoms with Crippen LogP contribution in [0.25, 0.3) is 22.1 Å². The van der Waals surface area contributed by atoms with E-state index in [1.54, 1.807) is 0 Å². The van der Waals surface area contributed by atoms with E-state index in [0.717, 1.165) is 41.5 Å². The van der Waals surface area contributed by atoms with Gasteiger partial charge in [-0.2, -0.15) is 0 Å². The van der Waals surface area contributed by atoms with Gasteiger partial charge in [0, 0.05) is 18.0 Å². The lowest BCUT2D eigenvalue weighted by Crippen LogP contribution is -2.33. The van der Waals surface area contributed by atoms with E-state index in [2.05, 4.69) is 51.9 Å². The lowest BCUT2D eigenvalue weighted by atomic mass is 10.1. The highest BCUT2D eigenvalue weighted by atomic mass is 32.2. The highest BCUT2D eigenvalue weighted by Crippen LogP contribution is 2.26. The fraction of sp³-hybridized carbons (Fsp3) is 0.524. The number of rotatable bonds is 10. The molecule has 0 unspecified atom stereocenters. The van der Waals surface area contributed by atoms with Gasteiger partial charge in [0.1, 0.15) is 5.52 Å². The van der Waals surface area contributed by atoms with Crippen molar-refractivity contribution in [3.63, 3.8) is 0 Å². The lowest BCUT2D eigenvalue weighted by molar-refractivity contribution is -0.119. The molecule has 1 amide bonds. The molecule has 2 heterocycles. The molecule has 2 aromatic heterocycles. The van der Waals surface area contributed by atoms with E-state index in [1.165, 1.54) is 31.0 Å². The van der Waals surface area contributed by atoms with Gasteiger partial charge < -0.3 is 9.88 Å². The SMILES string of the molecule is CCCCCC[C@@H](C)NC(=O)CSc1nnc2c3ccccc3n(CC)c2n1. The largest absolute Gasteiger partial charge is 0.353 e. The number of fused-ring (bicyclic) bond motifs is 3. The highest BCUT2D eigenvalue weighted by Gasteiger charge is 2.15. The first-order valence-corrected chi connectivity index (χ1v) is 11.2. The van der Waals surface area contributed by atoms with Crippen molar-refractivity contribution in [1.82, 2.24) is 25.1 Å². The van der Waals surface area contributed by atoms with Gasteiger partial charge in [0.2, 0.25) is 11.1 Å². The molecule has 28 heavy (non-hydrogen) atoms. The van der Waals surface area contributed by atoms with E-state index in [9.17, 15) is 4.79 Å². The molecule has 150 valence electrons. The number of carbonyl (C=O) groups excluding carboxylic acids is 1. The monoisotopic (exact) mass is 399 g/mol. The van der Waals surface area contributed by atoms with Crippen molar-refractivity contribution in [2.75, 3.05) is 5.75 Å². The first kappa shape index (κ1) is 20.6. The number of unbranched alkanes of at least 4 members (excludes halogenated alkanes) is 3. The van der Waals surface area contributed by atoms with Crippen molar-refractivity contribution >= 4 is 39.7 Å². The standard InChI is InChI=1S/C21H29N5OS/c1-4-6-7-8-11-15(3)22-18(27)14-28-21-23-20-19(24-25-21)16-12-9-10-13-17(16)26(20)5-2/h9-10,12-13,15H,4-8,11,14H2,1-3H3,(H,22,27)/t15-/m1/s1. The average Bonchev–Trinajstić information content (AvgIpc) is 3.02. The second kappa shape index (κ2) is 9.87. The molecule has 6 nitrogen and oxygen atoms in total. The molecule has 0 aliphatic rings. The molecule has 0 aliphatic heterocycles. The molecule has 1 N–H and O–H groups in total. The van der Waals surface area contributed by atoms with Crippen LogP contribution in [0.5, 0.6) is 0 Å². The number of para-hydroxylation sites is 1. The predicted octanol–water partition coefficient (Wildman–Crippen LogP) is 4.57. The molecule has 0 radical (unpaired) electrons. The zero-order chi connectivity index (χ0) is 19.9. The van der Waals surface area contributed by atoms with Gasteiger partial charge in [0.25, 0.3) is 0 Å². The van der Waals surface area contributed by atoms with Crippen molar-refractivity contribution in [2.24, 2.45) is 0 Å². The van der Waals surface area contributed by atoms with Crippen LogP contribution in [-0.2, 0) is 11.3 Å². The van der Waals surface area contributed by atoms with Gasteiger partial charge in [-0.1, -0.05) is 62.6 Å². The summed E-state index contributed by atoms with van der Waals surface area (Å²) in [7, 11) is 0. The number of hydrogen-bond acceptors (Lipinski definition) is 5. The van der Waals surface area contributed by atoms with E-state index >= 15 is 0 Å². The zero-order valence-electron chi connectivity index (χ0n) is 16.9. The summed E-state index contributed by atoms with van der Waals surface area (Å²) < 4.78 is 2.14. The first-order chi connectivity index (χ1) is 13.6. The molecular weight excluding hydrogens is 370 g/mol. The maximum Gasteiger partial charge on any atom is 0.230 e. The topological polar surface area (TPSA) is 72.7 Å². The Morgan fingerprint density at radius 1 is 1.18 bits per heavy atom. The molecule has 1 atom stereocenters. The number of benzene rings is 1. The number of nitrogens with one attached hydrogen (secondary N) is 1. The molecule has 0 aliphatic carbocycles. The summed E-state index contributed by atoms with van der Waals surface area (Å²) >= 11 is 1.34. The molecule has 0 bridgehead atoms. The van der Waals surface area contributed by atoms with Crippen LogP contribution in [-0.4, -0.2) is 37.5 Å². The minimum atomic E-state index is 0.0210. The molecule has 0 saturated carbocycles. The van der Waals surface area contributed by atoms with Crippen molar-refractivity contribution in [1.29, 1.82) is 0 Å². The molecule has 1 aromatic carbocycles. The van der Waals surface area contributed by atoms with Gasteiger partial charge in [-0.15, -0.1) is 10.2 Å². The Balaban J connectivity index is 1.62. The quantitative estimate of drug-likeness (QED) is 0.399. The first-order valence-electron chi connectivity index (χ1n) is 10.2. The Bertz CT molecular complexity index is 939. The number of aryl methyl sites for hydroxylation is 1. The number of thioether (sulfide) groups is 1. The fourth-order valence-corrected chi connectivity index (χ4v) is 4.06. The van der Waals surface area contributed by atoms with E-state index < -0.39 is 0 Å². The third-order valence-electron chi connectivity index (χ3n) is 4.90. The van der Waals surface area contributed by atoms with Crippen LogP contribution in [0.3, 0.4) is 0 Å². The van der Waals surface area contributed by atoms with Crippen LogP contribution in [0.2, 0.25) is 0 Å². The van der Waals surface area contributed by atoms with Gasteiger partial charge >= 0.3 is 0 Å². The smallest absolute Gasteiger partial charge is 0.230 e. The number of carbonyl (C=O) groups is 1. The summed E-state index contributed by atoms with van der Waals surface area (Å²) in [5.74, 6) is 0.325. The number of amides is 1. The van der Waals surface area contributed by atoms with Gasteiger partial charge in [-0.3, -0.25) is 4.79 Å². The van der Waals surface area contributed by atoms with E-state index in [-0.39, 0.29) is 11.9 Å². The minimum absolute atomic E-state index is 0.0210. The summed E-state index contributed by atoms with van der Waals surface area (Å²) in [4.78, 5) is 16.9. The number of nitrogens with zero attached hydrogens (tertiary/aromatic N) is 4. The summed E-state index contributed by atoms with van der Waals surface area (Å²) in [5.41, 5.74) is 2.75. The number of hydrogen-bond donors (Lipinski definition) is 1. The molecule has 3 rings (SSSR count). The van der Waals surface area contributed by atoms with Gasteiger partial charge in [-0.25, -0.2) is 4.98 Å². The average molecular weight is 400 g/mol. The van der Waals surface area contributed by atoms with E-state index in [4.69, 9.17) is 0 Å². The molecule has 7 heteroatoms. The Morgan fingerprint density at radius 2 is 2.00 bits per heavy atom. The van der Waals surface area contributed by atoms with Crippen molar-refractivity contribution in [2.45, 2.75) is 70.6 Å².